The second kappa shape index (κ2) is 8.68. The van der Waals surface area contributed by atoms with Gasteiger partial charge in [-0.3, -0.25) is 0 Å². The molecule has 0 aliphatic rings. The summed E-state index contributed by atoms with van der Waals surface area (Å²) >= 11 is 1.70. The summed E-state index contributed by atoms with van der Waals surface area (Å²) in [5, 5.41) is 11.7. The molecule has 1 aromatic heterocycles. The van der Waals surface area contributed by atoms with Crippen LogP contribution in [0.4, 0.5) is 5.95 Å². The van der Waals surface area contributed by atoms with Crippen LogP contribution < -0.4 is 11.3 Å². The van der Waals surface area contributed by atoms with Gasteiger partial charge in [0, 0.05) is 4.90 Å². The number of hydrogen-bond donors (Lipinski definition) is 2. The first-order chi connectivity index (χ1) is 8.70. The van der Waals surface area contributed by atoms with Gasteiger partial charge in [-0.2, -0.15) is 5.10 Å². The van der Waals surface area contributed by atoms with E-state index in [1.54, 1.807) is 24.9 Å². The first-order valence-corrected chi connectivity index (χ1v) is 6.53. The molecule has 9 heteroatoms. The second-order valence-corrected chi connectivity index (χ2v) is 4.46. The number of nitrogen functional groups attached to an aromatic ring is 1. The van der Waals surface area contributed by atoms with Gasteiger partial charge in [0.05, 0.1) is 6.21 Å². The number of hydrazone groups is 1. The summed E-state index contributed by atoms with van der Waals surface area (Å²) in [7, 11) is 0. The summed E-state index contributed by atoms with van der Waals surface area (Å²) in [6.45, 7) is 1.77. The summed E-state index contributed by atoms with van der Waals surface area (Å²) in [4.78, 5) is 1.22. The van der Waals surface area contributed by atoms with Crippen molar-refractivity contribution in [3.63, 3.8) is 0 Å². The number of aryl methyl sites for hydroxylation is 1. The van der Waals surface area contributed by atoms with E-state index in [-0.39, 0.29) is 24.8 Å². The smallest absolute Gasteiger partial charge is 0.263 e. The van der Waals surface area contributed by atoms with Crippen LogP contribution in [0.3, 0.4) is 0 Å². The van der Waals surface area contributed by atoms with E-state index in [1.807, 2.05) is 30.5 Å². The fraction of sp³-hybridized carbons (Fsp3) is 0.182. The number of nitrogens with one attached hydrogen (secondary N) is 1. The van der Waals surface area contributed by atoms with Gasteiger partial charge in [-0.1, -0.05) is 12.1 Å². The van der Waals surface area contributed by atoms with Crippen LogP contribution in [0.15, 0.2) is 34.3 Å². The average molecular weight is 335 g/mol. The molecule has 0 amide bonds. The number of anilines is 1. The van der Waals surface area contributed by atoms with Gasteiger partial charge in [-0.25, -0.2) is 10.1 Å². The van der Waals surface area contributed by atoms with Gasteiger partial charge in [0.25, 0.3) is 5.95 Å². The Bertz CT molecular complexity index is 555. The van der Waals surface area contributed by atoms with Crippen LogP contribution >= 0.6 is 36.6 Å². The van der Waals surface area contributed by atoms with Crippen molar-refractivity contribution in [3.8, 4) is 0 Å². The first-order valence-electron chi connectivity index (χ1n) is 5.31. The number of nitrogens with zero attached hydrogens (tertiary/aromatic N) is 4. The predicted octanol–water partition coefficient (Wildman–Crippen LogP) is 2.31. The zero-order valence-corrected chi connectivity index (χ0v) is 13.4. The Labute approximate surface area is 134 Å². The lowest BCUT2D eigenvalue weighted by atomic mass is 10.2. The van der Waals surface area contributed by atoms with Crippen LogP contribution in [0.2, 0.25) is 0 Å². The lowest BCUT2D eigenvalue weighted by Crippen LogP contribution is -2.13. The molecule has 0 saturated heterocycles. The van der Waals surface area contributed by atoms with Crippen molar-refractivity contribution in [2.24, 2.45) is 5.10 Å². The first kappa shape index (κ1) is 18.6. The van der Waals surface area contributed by atoms with E-state index >= 15 is 0 Å². The summed E-state index contributed by atoms with van der Waals surface area (Å²) in [5.41, 5.74) is 3.74. The van der Waals surface area contributed by atoms with Gasteiger partial charge in [0.2, 0.25) is 0 Å². The number of nitrogens with two attached hydrogens (primary N) is 1. The monoisotopic (exact) mass is 334 g/mol. The molecule has 6 nitrogen and oxygen atoms in total. The SMILES string of the molecule is CSc1ccc(/C=N\Nc2nnc(C)n2N)cc1.Cl.Cl. The summed E-state index contributed by atoms with van der Waals surface area (Å²) in [5.74, 6) is 6.70. The van der Waals surface area contributed by atoms with Crippen LogP contribution in [0.25, 0.3) is 0 Å². The molecular weight excluding hydrogens is 319 g/mol. The quantitative estimate of drug-likeness (QED) is 0.388. The van der Waals surface area contributed by atoms with Crippen LogP contribution in [-0.2, 0) is 0 Å². The highest BCUT2D eigenvalue weighted by atomic mass is 35.5. The van der Waals surface area contributed by atoms with E-state index in [2.05, 4.69) is 20.7 Å². The minimum Gasteiger partial charge on any atom is -0.335 e. The molecular formula is C11H16Cl2N6S. The van der Waals surface area contributed by atoms with Crippen molar-refractivity contribution in [2.45, 2.75) is 11.8 Å². The zero-order valence-electron chi connectivity index (χ0n) is 11.0. The third-order valence-corrected chi connectivity index (χ3v) is 3.10. The number of rotatable bonds is 4. The molecule has 0 aliphatic heterocycles. The summed E-state index contributed by atoms with van der Waals surface area (Å²) in [6, 6.07) is 8.08. The minimum atomic E-state index is 0. The van der Waals surface area contributed by atoms with Crippen molar-refractivity contribution < 1.29 is 0 Å². The Morgan fingerprint density at radius 2 is 1.90 bits per heavy atom. The molecule has 2 aromatic rings. The summed E-state index contributed by atoms with van der Waals surface area (Å²) in [6.07, 6.45) is 3.75. The maximum absolute atomic E-state index is 5.67. The highest BCUT2D eigenvalue weighted by Crippen LogP contribution is 2.13. The molecule has 0 atom stereocenters. The van der Waals surface area contributed by atoms with E-state index in [9.17, 15) is 0 Å². The van der Waals surface area contributed by atoms with E-state index in [0.717, 1.165) is 5.56 Å². The van der Waals surface area contributed by atoms with Crippen molar-refractivity contribution in [3.05, 3.63) is 35.7 Å². The standard InChI is InChI=1S/C11H14N6S.2ClH/c1-8-14-16-11(17(8)12)15-13-7-9-3-5-10(18-2)6-4-9;;/h3-7H,12H2,1-2H3,(H,15,16);2*1H/b13-7-;;. The number of hydrogen-bond acceptors (Lipinski definition) is 6. The fourth-order valence-corrected chi connectivity index (χ4v) is 1.71. The molecule has 1 aromatic carbocycles. The van der Waals surface area contributed by atoms with Crippen LogP contribution in [-0.4, -0.2) is 27.3 Å². The molecule has 0 saturated carbocycles. The number of aromatic nitrogens is 3. The molecule has 0 unspecified atom stereocenters. The van der Waals surface area contributed by atoms with Gasteiger partial charge in [-0.15, -0.1) is 46.8 Å². The maximum Gasteiger partial charge on any atom is 0.263 e. The van der Waals surface area contributed by atoms with Crippen molar-refractivity contribution in [1.29, 1.82) is 0 Å². The van der Waals surface area contributed by atoms with Gasteiger partial charge in [0.15, 0.2) is 5.82 Å². The molecule has 0 radical (unpaired) electrons. The third-order valence-electron chi connectivity index (χ3n) is 2.36. The van der Waals surface area contributed by atoms with E-state index < -0.39 is 0 Å². The fourth-order valence-electron chi connectivity index (χ4n) is 1.30. The van der Waals surface area contributed by atoms with Gasteiger partial charge < -0.3 is 5.84 Å². The number of halogens is 2. The second-order valence-electron chi connectivity index (χ2n) is 3.58. The molecule has 20 heavy (non-hydrogen) atoms. The molecule has 1 heterocycles. The van der Waals surface area contributed by atoms with Crippen LogP contribution in [0.1, 0.15) is 11.4 Å². The van der Waals surface area contributed by atoms with Crippen LogP contribution in [0, 0.1) is 6.92 Å². The predicted molar refractivity (Wildman–Crippen MR) is 88.8 cm³/mol. The Kier molecular flexibility index (Phi) is 8.05. The molecule has 2 rings (SSSR count). The Morgan fingerprint density at radius 1 is 1.25 bits per heavy atom. The van der Waals surface area contributed by atoms with E-state index in [0.29, 0.717) is 11.8 Å². The lowest BCUT2D eigenvalue weighted by molar-refractivity contribution is 0.926. The Morgan fingerprint density at radius 3 is 2.40 bits per heavy atom. The number of benzene rings is 1. The minimum absolute atomic E-state index is 0. The Hall–Kier alpha value is -1.44. The zero-order chi connectivity index (χ0) is 13.0. The third kappa shape index (κ3) is 4.59. The molecule has 3 N–H and O–H groups in total. The van der Waals surface area contributed by atoms with Gasteiger partial charge >= 0.3 is 0 Å². The van der Waals surface area contributed by atoms with Crippen LogP contribution in [0.5, 0.6) is 0 Å². The summed E-state index contributed by atoms with van der Waals surface area (Å²) < 4.78 is 1.34. The highest BCUT2D eigenvalue weighted by molar-refractivity contribution is 7.98. The van der Waals surface area contributed by atoms with Gasteiger partial charge in [-0.05, 0) is 30.9 Å². The lowest BCUT2D eigenvalue weighted by Gasteiger charge is -1.99. The molecule has 0 aliphatic carbocycles. The molecule has 110 valence electrons. The largest absolute Gasteiger partial charge is 0.335 e. The maximum atomic E-state index is 5.67. The highest BCUT2D eigenvalue weighted by Gasteiger charge is 2.02. The molecule has 0 fully saturated rings. The average Bonchev–Trinajstić information content (AvgIpc) is 2.71. The normalized spacial score (nSPS) is 9.90. The Balaban J connectivity index is 0.00000180. The number of thioether (sulfide) groups is 1. The van der Waals surface area contributed by atoms with Crippen molar-refractivity contribution >= 4 is 48.7 Å². The van der Waals surface area contributed by atoms with E-state index in [4.69, 9.17) is 5.84 Å². The van der Waals surface area contributed by atoms with Gasteiger partial charge in [0.1, 0.15) is 0 Å². The van der Waals surface area contributed by atoms with Crippen molar-refractivity contribution in [2.75, 3.05) is 17.5 Å². The van der Waals surface area contributed by atoms with E-state index in [1.165, 1.54) is 9.57 Å². The van der Waals surface area contributed by atoms with Crippen molar-refractivity contribution in [1.82, 2.24) is 14.9 Å². The topological polar surface area (TPSA) is 81.1 Å². The molecule has 0 bridgehead atoms. The molecule has 0 spiro atoms.